The van der Waals surface area contributed by atoms with Gasteiger partial charge in [-0.05, 0) is 36.5 Å². The second kappa shape index (κ2) is 9.70. The average molecular weight is 454 g/mol. The van der Waals surface area contributed by atoms with Gasteiger partial charge in [0.1, 0.15) is 5.41 Å². The zero-order chi connectivity index (χ0) is 24.3. The van der Waals surface area contributed by atoms with Crippen molar-refractivity contribution in [3.63, 3.8) is 0 Å². The molecule has 0 aliphatic carbocycles. The number of benzene rings is 2. The van der Waals surface area contributed by atoms with Crippen LogP contribution < -0.4 is 5.32 Å². The maximum absolute atomic E-state index is 13.8. The molecular formula is C25H31N3O5. The number of aliphatic hydroxyl groups is 1. The van der Waals surface area contributed by atoms with Gasteiger partial charge in [0.2, 0.25) is 11.8 Å². The number of nitrogens with zero attached hydrogens (tertiary/aromatic N) is 2. The maximum atomic E-state index is 13.8. The number of amides is 2. The minimum atomic E-state index is -1.26. The Labute approximate surface area is 193 Å². The van der Waals surface area contributed by atoms with Gasteiger partial charge in [0.15, 0.2) is 0 Å². The molecule has 1 saturated heterocycles. The molecule has 0 bridgehead atoms. The van der Waals surface area contributed by atoms with Gasteiger partial charge in [0, 0.05) is 31.1 Å². The van der Waals surface area contributed by atoms with Crippen LogP contribution in [0.5, 0.6) is 0 Å². The number of rotatable bonds is 8. The first-order chi connectivity index (χ1) is 15.6. The maximum Gasteiger partial charge on any atom is 0.269 e. The summed E-state index contributed by atoms with van der Waals surface area (Å²) >= 11 is 0. The highest BCUT2D eigenvalue weighted by Gasteiger charge is 2.58. The number of likely N-dealkylation sites (tertiary alicyclic amines) is 1. The molecule has 2 N–H and O–H groups in total. The van der Waals surface area contributed by atoms with E-state index >= 15 is 0 Å². The van der Waals surface area contributed by atoms with E-state index in [9.17, 15) is 24.8 Å². The summed E-state index contributed by atoms with van der Waals surface area (Å²) in [5.74, 6) is -0.222. The summed E-state index contributed by atoms with van der Waals surface area (Å²) in [5, 5.41) is 23.7. The molecule has 0 aromatic heterocycles. The Kier molecular flexibility index (Phi) is 7.17. The van der Waals surface area contributed by atoms with Gasteiger partial charge < -0.3 is 15.3 Å². The highest BCUT2D eigenvalue weighted by Crippen LogP contribution is 2.51. The predicted molar refractivity (Wildman–Crippen MR) is 124 cm³/mol. The van der Waals surface area contributed by atoms with Crippen molar-refractivity contribution in [3.8, 4) is 0 Å². The monoisotopic (exact) mass is 453 g/mol. The molecule has 0 radical (unpaired) electrons. The van der Waals surface area contributed by atoms with Gasteiger partial charge in [0.25, 0.3) is 5.69 Å². The summed E-state index contributed by atoms with van der Waals surface area (Å²) in [6.07, 6.45) is -0.0423. The van der Waals surface area contributed by atoms with Crippen LogP contribution in [-0.2, 0) is 21.6 Å². The second-order valence-electron chi connectivity index (χ2n) is 9.25. The Morgan fingerprint density at radius 1 is 1.15 bits per heavy atom. The molecule has 3 rings (SSSR count). The Morgan fingerprint density at radius 2 is 1.76 bits per heavy atom. The first kappa shape index (κ1) is 24.4. The highest BCUT2D eigenvalue weighted by molar-refractivity contribution is 5.98. The number of hydrogen-bond donors (Lipinski definition) is 2. The molecule has 2 aromatic rings. The van der Waals surface area contributed by atoms with Gasteiger partial charge in [-0.25, -0.2) is 0 Å². The van der Waals surface area contributed by atoms with Crippen molar-refractivity contribution in [1.82, 2.24) is 10.2 Å². The first-order valence-corrected chi connectivity index (χ1v) is 11.2. The minimum Gasteiger partial charge on any atom is -0.392 e. The molecule has 2 atom stereocenters. The summed E-state index contributed by atoms with van der Waals surface area (Å²) in [6.45, 7) is 8.13. The van der Waals surface area contributed by atoms with Crippen LogP contribution in [0.4, 0.5) is 5.69 Å². The molecule has 0 spiro atoms. The summed E-state index contributed by atoms with van der Waals surface area (Å²) < 4.78 is 0. The van der Waals surface area contributed by atoms with Crippen LogP contribution in [0.15, 0.2) is 48.5 Å². The summed E-state index contributed by atoms with van der Waals surface area (Å²) in [6, 6.07) is 12.4. The molecule has 8 nitrogen and oxygen atoms in total. The molecule has 8 heteroatoms. The van der Waals surface area contributed by atoms with Crippen LogP contribution in [0.25, 0.3) is 0 Å². The third-order valence-electron chi connectivity index (χ3n) is 6.17. The van der Waals surface area contributed by atoms with E-state index in [4.69, 9.17) is 0 Å². The smallest absolute Gasteiger partial charge is 0.269 e. The lowest BCUT2D eigenvalue weighted by molar-refractivity contribution is -0.384. The third kappa shape index (κ3) is 4.61. The van der Waals surface area contributed by atoms with E-state index in [-0.39, 0.29) is 42.5 Å². The van der Waals surface area contributed by atoms with Gasteiger partial charge in [-0.3, -0.25) is 19.7 Å². The number of non-ortho nitro benzene ring substituents is 1. The number of carbonyl (C=O) groups is 2. The SMILES string of the molecule is CC(C)CNC(=O)[C@@]1(c2ccc([N+](=O)[O-])cc2)CC(=O)N(C(C)C)[C@@H]1c1ccc(CO)cc1. The van der Waals surface area contributed by atoms with Crippen LogP contribution in [0, 0.1) is 16.0 Å². The van der Waals surface area contributed by atoms with Crippen LogP contribution in [0.3, 0.4) is 0 Å². The van der Waals surface area contributed by atoms with E-state index in [2.05, 4.69) is 5.32 Å². The summed E-state index contributed by atoms with van der Waals surface area (Å²) in [5.41, 5.74) is 0.716. The van der Waals surface area contributed by atoms with Crippen molar-refractivity contribution in [1.29, 1.82) is 0 Å². The molecular weight excluding hydrogens is 422 g/mol. The lowest BCUT2D eigenvalue weighted by Gasteiger charge is -2.39. The number of nitro benzene ring substituents is 1. The van der Waals surface area contributed by atoms with Gasteiger partial charge in [-0.1, -0.05) is 50.2 Å². The van der Waals surface area contributed by atoms with Crippen molar-refractivity contribution in [2.45, 2.75) is 58.2 Å². The number of carbonyl (C=O) groups excluding carboxylic acids is 2. The lowest BCUT2D eigenvalue weighted by Crippen LogP contribution is -2.50. The van der Waals surface area contributed by atoms with E-state index in [1.165, 1.54) is 12.1 Å². The molecule has 1 heterocycles. The number of aliphatic hydroxyl groups excluding tert-OH is 1. The highest BCUT2D eigenvalue weighted by atomic mass is 16.6. The Balaban J connectivity index is 2.23. The standard InChI is InChI=1S/C25H31N3O5/c1-16(2)14-26-24(31)25(20-9-11-21(12-10-20)28(32)33)13-22(30)27(17(3)4)23(25)19-7-5-18(15-29)6-8-19/h5-12,16-17,23,29H,13-15H2,1-4H3,(H,26,31)/t23-,25-/m1/s1. The predicted octanol–water partition coefficient (Wildman–Crippen LogP) is 3.48. The van der Waals surface area contributed by atoms with Gasteiger partial charge >= 0.3 is 0 Å². The lowest BCUT2D eigenvalue weighted by atomic mass is 9.70. The zero-order valence-electron chi connectivity index (χ0n) is 19.4. The van der Waals surface area contributed by atoms with Gasteiger partial charge in [-0.2, -0.15) is 0 Å². The normalized spacial score (nSPS) is 20.5. The van der Waals surface area contributed by atoms with Crippen LogP contribution in [-0.4, -0.2) is 39.3 Å². The Hall–Kier alpha value is -3.26. The summed E-state index contributed by atoms with van der Waals surface area (Å²) in [4.78, 5) is 39.6. The topological polar surface area (TPSA) is 113 Å². The molecule has 1 fully saturated rings. The fourth-order valence-electron chi connectivity index (χ4n) is 4.58. The third-order valence-corrected chi connectivity index (χ3v) is 6.17. The van der Waals surface area contributed by atoms with Crippen molar-refractivity contribution in [2.75, 3.05) is 6.54 Å². The quantitative estimate of drug-likeness (QED) is 0.469. The molecule has 2 aromatic carbocycles. The van der Waals surface area contributed by atoms with Crippen LogP contribution in [0.1, 0.15) is 56.8 Å². The Bertz CT molecular complexity index is 1020. The van der Waals surface area contributed by atoms with Gasteiger partial charge in [-0.15, -0.1) is 0 Å². The van der Waals surface area contributed by atoms with E-state index in [0.29, 0.717) is 12.1 Å². The molecule has 176 valence electrons. The molecule has 2 amide bonds. The van der Waals surface area contributed by atoms with E-state index in [1.54, 1.807) is 29.2 Å². The van der Waals surface area contributed by atoms with E-state index in [1.807, 2.05) is 39.8 Å². The average Bonchev–Trinajstić information content (AvgIpc) is 3.11. The van der Waals surface area contributed by atoms with Crippen molar-refractivity contribution in [3.05, 3.63) is 75.3 Å². The fourth-order valence-corrected chi connectivity index (χ4v) is 4.58. The van der Waals surface area contributed by atoms with E-state index < -0.39 is 16.4 Å². The van der Waals surface area contributed by atoms with Crippen LogP contribution >= 0.6 is 0 Å². The fraction of sp³-hybridized carbons (Fsp3) is 0.440. The molecule has 0 unspecified atom stereocenters. The van der Waals surface area contributed by atoms with Crippen molar-refractivity contribution >= 4 is 17.5 Å². The summed E-state index contributed by atoms with van der Waals surface area (Å²) in [7, 11) is 0. The minimum absolute atomic E-state index is 0.0423. The first-order valence-electron chi connectivity index (χ1n) is 11.2. The van der Waals surface area contributed by atoms with Crippen molar-refractivity contribution in [2.24, 2.45) is 5.92 Å². The van der Waals surface area contributed by atoms with Crippen LogP contribution in [0.2, 0.25) is 0 Å². The number of nitrogens with one attached hydrogen (secondary N) is 1. The Morgan fingerprint density at radius 3 is 2.24 bits per heavy atom. The second-order valence-corrected chi connectivity index (χ2v) is 9.25. The van der Waals surface area contributed by atoms with E-state index in [0.717, 1.165) is 11.1 Å². The largest absolute Gasteiger partial charge is 0.392 e. The zero-order valence-corrected chi connectivity index (χ0v) is 19.4. The van der Waals surface area contributed by atoms with Gasteiger partial charge in [0.05, 0.1) is 17.6 Å². The number of hydrogen-bond acceptors (Lipinski definition) is 5. The number of nitro groups is 1. The van der Waals surface area contributed by atoms with Crippen molar-refractivity contribution < 1.29 is 19.6 Å². The molecule has 0 saturated carbocycles. The molecule has 1 aliphatic heterocycles. The molecule has 33 heavy (non-hydrogen) atoms. The molecule has 1 aliphatic rings.